The van der Waals surface area contributed by atoms with Crippen LogP contribution in [0.25, 0.3) is 0 Å². The summed E-state index contributed by atoms with van der Waals surface area (Å²) in [5, 5.41) is 36.0. The van der Waals surface area contributed by atoms with Crippen LogP contribution >= 0.6 is 0 Å². The van der Waals surface area contributed by atoms with Crippen molar-refractivity contribution in [1.29, 1.82) is 0 Å². The van der Waals surface area contributed by atoms with E-state index in [1.54, 1.807) is 0 Å². The van der Waals surface area contributed by atoms with Gasteiger partial charge in [-0.1, -0.05) is 0 Å². The standard InChI is InChI=1S/4HNO2.Os/c4*2-1-3;/h4*(H,2,3);/q;;;;+4/p-4. The third kappa shape index (κ3) is 223. The number of hydrogen-bond acceptors (Lipinski definition) is 12. The molecule has 0 spiro atoms. The Morgan fingerprint density at radius 1 is 0.538 bits per heavy atom. The van der Waals surface area contributed by atoms with Crippen LogP contribution in [0.4, 0.5) is 0 Å². The van der Waals surface area contributed by atoms with E-state index in [9.17, 15) is 0 Å². The second-order valence-corrected chi connectivity index (χ2v) is 0.298. The average Bonchev–Trinajstić information content (AvgIpc) is 1.92. The largest absolute Gasteiger partial charge is 4.00 e. The molecule has 0 aliphatic heterocycles. The van der Waals surface area contributed by atoms with Crippen LogP contribution in [0.3, 0.4) is 0 Å². The summed E-state index contributed by atoms with van der Waals surface area (Å²) in [4.78, 5) is 32.0. The van der Waals surface area contributed by atoms with Crippen LogP contribution in [0.1, 0.15) is 0 Å². The summed E-state index contributed by atoms with van der Waals surface area (Å²) in [6.07, 6.45) is 0. The minimum atomic E-state index is 0. The quantitative estimate of drug-likeness (QED) is 0.439. The van der Waals surface area contributed by atoms with Gasteiger partial charge in [-0.15, -0.1) is 21.4 Å². The molecule has 13 heteroatoms. The van der Waals surface area contributed by atoms with Crippen molar-refractivity contribution in [3.05, 3.63) is 40.5 Å². The van der Waals surface area contributed by atoms with Crippen molar-refractivity contribution in [3.63, 3.8) is 0 Å². The zero-order chi connectivity index (χ0) is 10.8. The zero-order valence-corrected chi connectivity index (χ0v) is 7.95. The summed E-state index contributed by atoms with van der Waals surface area (Å²) in [6.45, 7) is 0. The molecule has 76 valence electrons. The molecule has 0 rings (SSSR count). The first kappa shape index (κ1) is 30.3. The first-order valence-corrected chi connectivity index (χ1v) is 1.46. The van der Waals surface area contributed by atoms with Crippen molar-refractivity contribution in [2.75, 3.05) is 0 Å². The predicted molar refractivity (Wildman–Crippen MR) is 36.6 cm³/mol. The minimum absolute atomic E-state index is 0. The van der Waals surface area contributed by atoms with Gasteiger partial charge in [-0.3, -0.25) is 0 Å². The van der Waals surface area contributed by atoms with Gasteiger partial charge in [-0.25, -0.2) is 0 Å². The van der Waals surface area contributed by atoms with E-state index in [0.29, 0.717) is 0 Å². The van der Waals surface area contributed by atoms with Crippen molar-refractivity contribution in [3.8, 4) is 0 Å². The van der Waals surface area contributed by atoms with Crippen molar-refractivity contribution in [2.45, 2.75) is 0 Å². The molecule has 0 heterocycles. The first-order chi connectivity index (χ1) is 5.66. The molecule has 0 aromatic heterocycles. The second kappa shape index (κ2) is 175. The Morgan fingerprint density at radius 2 is 0.538 bits per heavy atom. The van der Waals surface area contributed by atoms with Crippen LogP contribution in [-0.2, 0) is 19.8 Å². The van der Waals surface area contributed by atoms with E-state index in [1.807, 2.05) is 0 Å². The second-order valence-electron chi connectivity index (χ2n) is 0.298. The van der Waals surface area contributed by atoms with Crippen molar-refractivity contribution in [1.82, 2.24) is 0 Å². The number of nitrogens with zero attached hydrogens (tertiary/aromatic N) is 4. The van der Waals surface area contributed by atoms with Crippen molar-refractivity contribution >= 4 is 0 Å². The topological polar surface area (TPSA) is 210 Å². The molecule has 12 nitrogen and oxygen atoms in total. The average molecular weight is 374 g/mol. The molecule has 0 aromatic carbocycles. The van der Waals surface area contributed by atoms with E-state index in [0.717, 1.165) is 21.4 Å². The zero-order valence-electron chi connectivity index (χ0n) is 5.41. The van der Waals surface area contributed by atoms with E-state index in [2.05, 4.69) is 0 Å². The third-order valence-electron chi connectivity index (χ3n) is 0. The van der Waals surface area contributed by atoms with Gasteiger partial charge in [0.15, 0.2) is 0 Å². The maximum absolute atomic E-state index is 8.00. The summed E-state index contributed by atoms with van der Waals surface area (Å²) >= 11 is 0. The molecule has 0 radical (unpaired) electrons. The fraction of sp³-hybridized carbons (Fsp3) is 0. The maximum atomic E-state index is 8.00. The van der Waals surface area contributed by atoms with Gasteiger partial charge in [-0.2, -0.15) is 0 Å². The molecular weight excluding hydrogens is 374 g/mol. The summed E-state index contributed by atoms with van der Waals surface area (Å²) in [5.41, 5.74) is 0. The van der Waals surface area contributed by atoms with Crippen molar-refractivity contribution < 1.29 is 19.8 Å². The van der Waals surface area contributed by atoms with E-state index >= 15 is 0 Å². The number of hydrogen-bond donors (Lipinski definition) is 0. The van der Waals surface area contributed by atoms with Crippen LogP contribution in [0.2, 0.25) is 0 Å². The van der Waals surface area contributed by atoms with Gasteiger partial charge in [0.2, 0.25) is 0 Å². The van der Waals surface area contributed by atoms with Gasteiger partial charge in [0, 0.05) is 0 Å². The monoisotopic (exact) mass is 376 g/mol. The van der Waals surface area contributed by atoms with Crippen LogP contribution in [0.5, 0.6) is 0 Å². The van der Waals surface area contributed by atoms with Gasteiger partial charge >= 0.3 is 19.8 Å². The summed E-state index contributed by atoms with van der Waals surface area (Å²) in [7, 11) is 0. The molecule has 0 unspecified atom stereocenters. The minimum Gasteiger partial charge on any atom is -0.444 e. The summed E-state index contributed by atoms with van der Waals surface area (Å²) < 4.78 is 0. The van der Waals surface area contributed by atoms with Gasteiger partial charge in [0.1, 0.15) is 0 Å². The molecule has 0 atom stereocenters. The Bertz CT molecular complexity index is 70.1. The van der Waals surface area contributed by atoms with E-state index in [4.69, 9.17) is 40.5 Å². The Hall–Kier alpha value is -1.76. The molecule has 0 aliphatic rings. The predicted octanol–water partition coefficient (Wildman–Crippen LogP) is 1.000. The Balaban J connectivity index is -0.0000000213. The Labute approximate surface area is 82.3 Å². The Kier molecular flexibility index (Phi) is 407. The summed E-state index contributed by atoms with van der Waals surface area (Å²) in [5.74, 6) is 0. The SMILES string of the molecule is O=N[O-].O=N[O-].O=N[O-].O=N[O-].[Os+4]. The molecule has 0 amide bonds. The van der Waals surface area contributed by atoms with Crippen LogP contribution in [0.15, 0.2) is 21.4 Å². The molecule has 0 aliphatic carbocycles. The first-order valence-electron chi connectivity index (χ1n) is 1.46. The van der Waals surface area contributed by atoms with E-state index < -0.39 is 0 Å². The fourth-order valence-electron chi connectivity index (χ4n) is 0. The van der Waals surface area contributed by atoms with E-state index in [-0.39, 0.29) is 19.8 Å². The molecule has 0 bridgehead atoms. The molecule has 0 saturated carbocycles. The van der Waals surface area contributed by atoms with Gasteiger partial charge in [-0.05, 0) is 0 Å². The number of rotatable bonds is 0. The van der Waals surface area contributed by atoms with Crippen LogP contribution < -0.4 is 0 Å². The fourth-order valence-corrected chi connectivity index (χ4v) is 0. The maximum Gasteiger partial charge on any atom is 4.00 e. The molecule has 13 heavy (non-hydrogen) atoms. The van der Waals surface area contributed by atoms with Crippen LogP contribution in [0, 0.1) is 40.5 Å². The third-order valence-corrected chi connectivity index (χ3v) is 0. The van der Waals surface area contributed by atoms with Gasteiger partial charge in [0.25, 0.3) is 0 Å². The Morgan fingerprint density at radius 3 is 0.538 bits per heavy atom. The smallest absolute Gasteiger partial charge is 0.444 e. The molecule has 0 N–H and O–H groups in total. The van der Waals surface area contributed by atoms with Gasteiger partial charge in [0.05, 0.1) is 0 Å². The summed E-state index contributed by atoms with van der Waals surface area (Å²) in [6, 6.07) is 0. The normalized spacial score (nSPS) is 3.69. The van der Waals surface area contributed by atoms with E-state index in [1.165, 1.54) is 0 Å². The van der Waals surface area contributed by atoms with Crippen LogP contribution in [-0.4, -0.2) is 0 Å². The molecule has 0 fully saturated rings. The molecule has 0 aromatic rings. The van der Waals surface area contributed by atoms with Crippen molar-refractivity contribution in [2.24, 2.45) is 21.4 Å². The van der Waals surface area contributed by atoms with Gasteiger partial charge < -0.3 is 40.5 Å². The molecular formula is N4O8Os. The molecule has 0 saturated heterocycles.